The van der Waals surface area contributed by atoms with Gasteiger partial charge in [0.15, 0.2) is 0 Å². The Bertz CT molecular complexity index is 1780. The highest BCUT2D eigenvalue weighted by atomic mass is 16.5. The topological polar surface area (TPSA) is 204 Å². The Kier molecular flexibility index (Phi) is 20.5. The zero-order valence-corrected chi connectivity index (χ0v) is 43.2. The van der Waals surface area contributed by atoms with Gasteiger partial charge in [0.05, 0.1) is 12.1 Å². The Balaban J connectivity index is 1.04. The largest absolute Gasteiger partial charge is 0.480 e. The predicted molar refractivity (Wildman–Crippen MR) is 274 cm³/mol. The van der Waals surface area contributed by atoms with Crippen molar-refractivity contribution in [2.24, 2.45) is 52.3 Å². The van der Waals surface area contributed by atoms with Crippen LogP contribution in [0, 0.1) is 47.3 Å². The minimum atomic E-state index is -1.08. The van der Waals surface area contributed by atoms with Crippen molar-refractivity contribution < 1.29 is 38.6 Å². The highest BCUT2D eigenvalue weighted by molar-refractivity contribution is 5.96. The van der Waals surface area contributed by atoms with Crippen molar-refractivity contribution >= 4 is 41.7 Å². The quantitative estimate of drug-likeness (QED) is 0.0928. The van der Waals surface area contributed by atoms with Gasteiger partial charge in [-0.1, -0.05) is 122 Å². The third-order valence-electron chi connectivity index (χ3n) is 19.2. The number of nitrogens with one attached hydrogen (secondary N) is 5. The molecule has 8 unspecified atom stereocenters. The number of rotatable bonds is 14. The summed E-state index contributed by atoms with van der Waals surface area (Å²) in [5, 5.41) is 25.7. The molecule has 2 saturated heterocycles. The lowest BCUT2D eigenvalue weighted by atomic mass is 9.70. The van der Waals surface area contributed by atoms with Gasteiger partial charge in [-0.05, 0) is 138 Å². The smallest absolute Gasteiger partial charge is 0.326 e. The first-order chi connectivity index (χ1) is 34.5. The number of carbonyl (C=O) groups excluding carboxylic acids is 5. The Morgan fingerprint density at radius 3 is 1.85 bits per heavy atom. The molecule has 71 heavy (non-hydrogen) atoms. The lowest BCUT2D eigenvalue weighted by Gasteiger charge is -2.37. The van der Waals surface area contributed by atoms with Gasteiger partial charge in [0, 0.05) is 12.1 Å². The van der Waals surface area contributed by atoms with Gasteiger partial charge in [0.1, 0.15) is 36.8 Å². The molecule has 0 aromatic heterocycles. The molecule has 398 valence electrons. The van der Waals surface area contributed by atoms with Crippen LogP contribution in [0.1, 0.15) is 218 Å². The maximum atomic E-state index is 15.1. The summed E-state index contributed by atoms with van der Waals surface area (Å²) in [6.07, 6.45) is 34.2. The molecule has 8 fully saturated rings. The third kappa shape index (κ3) is 16.0. The normalized spacial score (nSPS) is 35.1. The molecule has 6 aliphatic carbocycles. The molecule has 2 bridgehead atoms. The Labute approximate surface area is 425 Å². The average molecular weight is 989 g/mol. The van der Waals surface area contributed by atoms with E-state index >= 15 is 4.79 Å². The van der Waals surface area contributed by atoms with E-state index in [4.69, 9.17) is 9.73 Å². The molecule has 14 nitrogen and oxygen atoms in total. The summed E-state index contributed by atoms with van der Waals surface area (Å²) in [6.45, 7) is -0.195. The van der Waals surface area contributed by atoms with Crippen LogP contribution in [-0.4, -0.2) is 95.8 Å². The lowest BCUT2D eigenvalue weighted by molar-refractivity contribution is -0.142. The van der Waals surface area contributed by atoms with Gasteiger partial charge in [0.2, 0.25) is 29.5 Å². The van der Waals surface area contributed by atoms with Gasteiger partial charge in [-0.3, -0.25) is 29.0 Å². The standard InChI is InChI=1S/C57H92N6O8/c64-52-36-71-44-28-22-40(23-29-44)33-50(55(67)61-48(57(69)70)31-25-38-14-6-2-7-15-38)62-53(65)47(30-24-37-12-4-1-5-13-37)60-54(66)49(32-39-20-26-42(27-21-39)41-16-8-3-9-17-41)63-56(68)51(59-52)34-43-35-58-46-19-11-10-18-45(43)46/h35,37-51H,1-34,36H2,(H,59,64)(H,60,66)(H,61,67)(H,62,65)(H,63,68)(H,69,70). The van der Waals surface area contributed by atoms with Crippen molar-refractivity contribution in [3.8, 4) is 0 Å². The second-order valence-corrected chi connectivity index (χ2v) is 24.2. The molecule has 0 aromatic rings. The van der Waals surface area contributed by atoms with Crippen molar-refractivity contribution in [2.45, 2.75) is 261 Å². The zero-order valence-electron chi connectivity index (χ0n) is 43.2. The molecule has 6 saturated carbocycles. The zero-order chi connectivity index (χ0) is 49.5. The number of carboxylic acid groups (broad SMARTS) is 1. The summed E-state index contributed by atoms with van der Waals surface area (Å²) in [5.74, 6) is -0.322. The first kappa shape index (κ1) is 53.7. The van der Waals surface area contributed by atoms with E-state index < -0.39 is 59.8 Å². The maximum absolute atomic E-state index is 15.1. The summed E-state index contributed by atoms with van der Waals surface area (Å²) in [6, 6.07) is -4.67. The molecular weight excluding hydrogens is 897 g/mol. The van der Waals surface area contributed by atoms with E-state index in [9.17, 15) is 29.1 Å². The van der Waals surface area contributed by atoms with Crippen molar-refractivity contribution in [1.82, 2.24) is 26.6 Å². The molecule has 6 N–H and O–H groups in total. The lowest BCUT2D eigenvalue weighted by Crippen LogP contribution is -2.59. The summed E-state index contributed by atoms with van der Waals surface area (Å²) < 4.78 is 6.23. The van der Waals surface area contributed by atoms with E-state index in [-0.39, 0.29) is 42.4 Å². The highest BCUT2D eigenvalue weighted by Crippen LogP contribution is 2.42. The van der Waals surface area contributed by atoms with Crippen LogP contribution in [-0.2, 0) is 33.5 Å². The monoisotopic (exact) mass is 989 g/mol. The number of hydrogen-bond donors (Lipinski definition) is 6. The van der Waals surface area contributed by atoms with E-state index in [0.717, 1.165) is 121 Å². The van der Waals surface area contributed by atoms with Crippen molar-refractivity contribution in [1.29, 1.82) is 0 Å². The Morgan fingerprint density at radius 1 is 0.592 bits per heavy atom. The minimum Gasteiger partial charge on any atom is -0.480 e. The van der Waals surface area contributed by atoms with Crippen LogP contribution in [0.3, 0.4) is 0 Å². The second kappa shape index (κ2) is 27.1. The molecule has 9 rings (SSSR count). The molecule has 8 atom stereocenters. The number of hydrogen-bond acceptors (Lipinski definition) is 8. The summed E-state index contributed by atoms with van der Waals surface area (Å²) >= 11 is 0. The molecular formula is C57H92N6O8. The number of carboxylic acids is 1. The van der Waals surface area contributed by atoms with E-state index in [2.05, 4.69) is 26.6 Å². The Morgan fingerprint density at radius 2 is 1.17 bits per heavy atom. The number of aliphatic imine (C=N–C) groups is 1. The molecule has 0 spiro atoms. The summed E-state index contributed by atoms with van der Waals surface area (Å²) in [5.41, 5.74) is 0. The van der Waals surface area contributed by atoms with Crippen molar-refractivity contribution in [3.63, 3.8) is 0 Å². The number of fused-ring (bicyclic) bond motifs is 17. The van der Waals surface area contributed by atoms with Gasteiger partial charge in [-0.2, -0.15) is 0 Å². The van der Waals surface area contributed by atoms with Crippen LogP contribution in [0.5, 0.6) is 0 Å². The fraction of sp³-hybridized carbons (Fsp3) is 0.877. The van der Waals surface area contributed by atoms with Crippen molar-refractivity contribution in [2.75, 3.05) is 6.61 Å². The third-order valence-corrected chi connectivity index (χ3v) is 19.2. The van der Waals surface area contributed by atoms with Crippen LogP contribution < -0.4 is 26.6 Å². The van der Waals surface area contributed by atoms with Gasteiger partial charge in [-0.25, -0.2) is 4.79 Å². The number of aliphatic carboxylic acids is 1. The van der Waals surface area contributed by atoms with Crippen LogP contribution >= 0.6 is 0 Å². The number of amides is 5. The van der Waals surface area contributed by atoms with E-state index in [1.54, 1.807) is 0 Å². The number of nitrogens with zero attached hydrogens (tertiary/aromatic N) is 1. The van der Waals surface area contributed by atoms with Crippen LogP contribution in [0.2, 0.25) is 0 Å². The number of carbonyl (C=O) groups is 6. The van der Waals surface area contributed by atoms with Gasteiger partial charge in [0.25, 0.3) is 0 Å². The summed E-state index contributed by atoms with van der Waals surface area (Å²) in [7, 11) is 0. The second-order valence-electron chi connectivity index (χ2n) is 24.2. The molecule has 0 aromatic carbocycles. The van der Waals surface area contributed by atoms with E-state index in [1.165, 1.54) is 44.9 Å². The molecule has 9 aliphatic rings. The van der Waals surface area contributed by atoms with Crippen LogP contribution in [0.4, 0.5) is 0 Å². The molecule has 3 aliphatic heterocycles. The molecule has 14 heteroatoms. The predicted octanol–water partition coefficient (Wildman–Crippen LogP) is 8.62. The fourth-order valence-corrected chi connectivity index (χ4v) is 14.9. The van der Waals surface area contributed by atoms with Crippen LogP contribution in [0.25, 0.3) is 0 Å². The Hall–Kier alpha value is -3.55. The SMILES string of the molecule is O=C1COC2CCC(CC2)CC(C(=O)NC(CCC2CCCCC2)C(=O)O)NC(=O)C(CCC2CCCCC2)NC(=O)C(CC2CCC(C3CCCCC3)CC2)NC(=O)C(CC2C=NC3CCCCC23)N1. The van der Waals surface area contributed by atoms with Crippen molar-refractivity contribution in [3.05, 3.63) is 0 Å². The van der Waals surface area contributed by atoms with E-state index in [0.29, 0.717) is 81.5 Å². The number of ether oxygens (including phenoxy) is 1. The van der Waals surface area contributed by atoms with Gasteiger partial charge >= 0.3 is 5.97 Å². The summed E-state index contributed by atoms with van der Waals surface area (Å²) in [4.78, 5) is 90.6. The highest BCUT2D eigenvalue weighted by Gasteiger charge is 2.41. The van der Waals surface area contributed by atoms with Crippen LogP contribution in [0.15, 0.2) is 4.99 Å². The maximum Gasteiger partial charge on any atom is 0.326 e. The van der Waals surface area contributed by atoms with Gasteiger partial charge < -0.3 is 36.4 Å². The van der Waals surface area contributed by atoms with E-state index in [1.807, 2.05) is 6.21 Å². The molecule has 5 amide bonds. The molecule has 0 radical (unpaired) electrons. The van der Waals surface area contributed by atoms with Gasteiger partial charge in [-0.15, -0.1) is 0 Å². The first-order valence-corrected chi connectivity index (χ1v) is 29.4. The average Bonchev–Trinajstić information content (AvgIpc) is 3.80. The fourth-order valence-electron chi connectivity index (χ4n) is 14.9. The minimum absolute atomic E-state index is 0.0252. The molecule has 3 heterocycles. The first-order valence-electron chi connectivity index (χ1n) is 29.4.